The van der Waals surface area contributed by atoms with E-state index in [0.717, 1.165) is 49.4 Å². The molecular weight excluding hydrogens is 318 g/mol. The van der Waals surface area contributed by atoms with Gasteiger partial charge in [0.2, 0.25) is 5.88 Å². The van der Waals surface area contributed by atoms with Crippen molar-refractivity contribution in [2.24, 2.45) is 0 Å². The predicted octanol–water partition coefficient (Wildman–Crippen LogP) is 3.97. The molecule has 2 aromatic heterocycles. The number of hydrogen-bond donors (Lipinski definition) is 1. The molecule has 3 heterocycles. The Labute approximate surface area is 145 Å². The zero-order valence-electron chi connectivity index (χ0n) is 15.3. The quantitative estimate of drug-likeness (QED) is 0.634. The van der Waals surface area contributed by atoms with Gasteiger partial charge in [-0.25, -0.2) is 0 Å². The van der Waals surface area contributed by atoms with Gasteiger partial charge in [-0.3, -0.25) is 0 Å². The fourth-order valence-electron chi connectivity index (χ4n) is 2.80. The molecule has 3 rings (SSSR count). The van der Waals surface area contributed by atoms with Crippen molar-refractivity contribution in [1.82, 2.24) is 9.55 Å². The van der Waals surface area contributed by atoms with Crippen molar-refractivity contribution in [1.29, 1.82) is 0 Å². The summed E-state index contributed by atoms with van der Waals surface area (Å²) in [6.07, 6.45) is 3.27. The van der Waals surface area contributed by atoms with Crippen molar-refractivity contribution in [2.75, 3.05) is 25.1 Å². The van der Waals surface area contributed by atoms with Gasteiger partial charge in [0, 0.05) is 45.8 Å². The van der Waals surface area contributed by atoms with Crippen molar-refractivity contribution < 1.29 is 9.47 Å². The zero-order valence-corrected chi connectivity index (χ0v) is 16.3. The highest BCUT2D eigenvalue weighted by Crippen LogP contribution is 2.30. The maximum atomic E-state index is 5.96. The van der Waals surface area contributed by atoms with Crippen molar-refractivity contribution in [3.63, 3.8) is 0 Å². The molecule has 1 aliphatic heterocycles. The number of rotatable bonds is 6. The summed E-state index contributed by atoms with van der Waals surface area (Å²) in [6, 6.07) is 5.46. The van der Waals surface area contributed by atoms with Gasteiger partial charge in [-0.2, -0.15) is 4.98 Å². The normalized spacial score (nSPS) is 17.9. The summed E-state index contributed by atoms with van der Waals surface area (Å²) in [6.45, 7) is 12.6. The highest BCUT2D eigenvalue weighted by atomic mass is 28.3. The maximum Gasteiger partial charge on any atom is 0.239 e. The molecule has 0 radical (unpaired) electrons. The number of aromatic nitrogens is 2. The Balaban J connectivity index is 1.66. The van der Waals surface area contributed by atoms with Crippen LogP contribution in [0, 0.1) is 0 Å². The third kappa shape index (κ3) is 4.30. The van der Waals surface area contributed by atoms with E-state index in [9.17, 15) is 0 Å². The molecular formula is C18H29N3O2Si. The Morgan fingerprint density at radius 2 is 2.21 bits per heavy atom. The number of fused-ring (bicyclic) bond motifs is 2. The van der Waals surface area contributed by atoms with Crippen LogP contribution >= 0.6 is 0 Å². The van der Waals surface area contributed by atoms with Crippen LogP contribution in [0.4, 0.5) is 5.69 Å². The molecule has 0 bridgehead atoms. The molecule has 0 amide bonds. The topological polar surface area (TPSA) is 48.3 Å². The van der Waals surface area contributed by atoms with Gasteiger partial charge in [-0.05, 0) is 25.1 Å². The standard InChI is InChI=1S/C18H29N3O2Si/c1-14-5-7-19-16-13-15-6-8-21(17(15)20-18(16)23-14)9-10-22-11-12-24(2,3)4/h6,8,13-14,19H,5,7,9-12H2,1-4H3/t14-/m0/s1. The lowest BCUT2D eigenvalue weighted by Crippen LogP contribution is -2.22. The van der Waals surface area contributed by atoms with Crippen molar-refractivity contribution in [3.05, 3.63) is 18.3 Å². The Morgan fingerprint density at radius 3 is 3.00 bits per heavy atom. The third-order valence-corrected chi connectivity index (χ3v) is 6.06. The highest BCUT2D eigenvalue weighted by Gasteiger charge is 2.17. The van der Waals surface area contributed by atoms with Crippen LogP contribution in [-0.2, 0) is 11.3 Å². The zero-order chi connectivity index (χ0) is 17.2. The van der Waals surface area contributed by atoms with Crippen molar-refractivity contribution in [3.8, 4) is 5.88 Å². The van der Waals surface area contributed by atoms with Crippen molar-refractivity contribution in [2.45, 2.75) is 51.7 Å². The van der Waals surface area contributed by atoms with E-state index in [4.69, 9.17) is 14.5 Å². The smallest absolute Gasteiger partial charge is 0.239 e. The summed E-state index contributed by atoms with van der Waals surface area (Å²) >= 11 is 0. The van der Waals surface area contributed by atoms with E-state index in [1.165, 1.54) is 6.04 Å². The average Bonchev–Trinajstić information content (AvgIpc) is 2.78. The molecule has 24 heavy (non-hydrogen) atoms. The first-order valence-electron chi connectivity index (χ1n) is 8.90. The molecule has 2 aromatic rings. The second-order valence-electron chi connectivity index (χ2n) is 7.83. The fraction of sp³-hybridized carbons (Fsp3) is 0.611. The summed E-state index contributed by atoms with van der Waals surface area (Å²) < 4.78 is 13.9. The first-order valence-corrected chi connectivity index (χ1v) is 12.6. The predicted molar refractivity (Wildman–Crippen MR) is 102 cm³/mol. The number of ether oxygens (including phenoxy) is 2. The molecule has 0 aliphatic carbocycles. The SMILES string of the molecule is C[C@H]1CCNc2cc3ccn(CCOCC[Si](C)(C)C)c3nc2O1. The summed E-state index contributed by atoms with van der Waals surface area (Å²) in [4.78, 5) is 4.75. The maximum absolute atomic E-state index is 5.96. The number of anilines is 1. The fourth-order valence-corrected chi connectivity index (χ4v) is 3.55. The van der Waals surface area contributed by atoms with E-state index in [1.807, 2.05) is 0 Å². The minimum absolute atomic E-state index is 0.192. The Morgan fingerprint density at radius 1 is 1.38 bits per heavy atom. The first kappa shape index (κ1) is 17.3. The van der Waals surface area contributed by atoms with Crippen LogP contribution in [0.1, 0.15) is 13.3 Å². The van der Waals surface area contributed by atoms with Gasteiger partial charge in [-0.15, -0.1) is 0 Å². The van der Waals surface area contributed by atoms with Crippen LogP contribution in [0.15, 0.2) is 18.3 Å². The molecule has 0 saturated carbocycles. The average molecular weight is 348 g/mol. The number of nitrogens with zero attached hydrogens (tertiary/aromatic N) is 2. The largest absolute Gasteiger partial charge is 0.473 e. The minimum atomic E-state index is -1.01. The molecule has 6 heteroatoms. The highest BCUT2D eigenvalue weighted by molar-refractivity contribution is 6.76. The second kappa shape index (κ2) is 7.15. The molecule has 0 fully saturated rings. The lowest BCUT2D eigenvalue weighted by molar-refractivity contribution is 0.139. The van der Waals surface area contributed by atoms with Gasteiger partial charge < -0.3 is 19.4 Å². The van der Waals surface area contributed by atoms with E-state index >= 15 is 0 Å². The van der Waals surface area contributed by atoms with Crippen LogP contribution < -0.4 is 10.1 Å². The van der Waals surface area contributed by atoms with E-state index in [2.05, 4.69) is 54.8 Å². The molecule has 0 spiro atoms. The minimum Gasteiger partial charge on any atom is -0.473 e. The summed E-state index contributed by atoms with van der Waals surface area (Å²) in [5.41, 5.74) is 1.97. The second-order valence-corrected chi connectivity index (χ2v) is 13.5. The molecule has 1 atom stereocenters. The van der Waals surface area contributed by atoms with E-state index < -0.39 is 8.07 Å². The van der Waals surface area contributed by atoms with E-state index in [0.29, 0.717) is 5.88 Å². The van der Waals surface area contributed by atoms with Gasteiger partial charge in [-0.1, -0.05) is 19.6 Å². The van der Waals surface area contributed by atoms with Crippen molar-refractivity contribution >= 4 is 24.8 Å². The third-order valence-electron chi connectivity index (χ3n) is 4.35. The molecule has 0 saturated heterocycles. The van der Waals surface area contributed by atoms with Crippen LogP contribution in [0.3, 0.4) is 0 Å². The van der Waals surface area contributed by atoms with Gasteiger partial charge in [0.1, 0.15) is 5.65 Å². The monoisotopic (exact) mass is 347 g/mol. The van der Waals surface area contributed by atoms with Gasteiger partial charge in [0.15, 0.2) is 0 Å². The van der Waals surface area contributed by atoms with Crippen LogP contribution in [-0.4, -0.2) is 43.5 Å². The Bertz CT molecular complexity index is 693. The molecule has 132 valence electrons. The summed E-state index contributed by atoms with van der Waals surface area (Å²) in [5, 5.41) is 4.55. The first-order chi connectivity index (χ1) is 11.4. The van der Waals surface area contributed by atoms with Gasteiger partial charge >= 0.3 is 0 Å². The van der Waals surface area contributed by atoms with E-state index in [-0.39, 0.29) is 6.10 Å². The lowest BCUT2D eigenvalue weighted by atomic mass is 10.3. The molecule has 1 N–H and O–H groups in total. The van der Waals surface area contributed by atoms with Crippen LogP contribution in [0.2, 0.25) is 25.7 Å². The molecule has 0 unspecified atom stereocenters. The number of nitrogens with one attached hydrogen (secondary N) is 1. The molecule has 0 aromatic carbocycles. The van der Waals surface area contributed by atoms with Crippen LogP contribution in [0.25, 0.3) is 11.0 Å². The Kier molecular flexibility index (Phi) is 5.15. The molecule has 1 aliphatic rings. The number of pyridine rings is 1. The summed E-state index contributed by atoms with van der Waals surface area (Å²) in [7, 11) is -1.01. The van der Waals surface area contributed by atoms with Gasteiger partial charge in [0.25, 0.3) is 0 Å². The molecule has 5 nitrogen and oxygen atoms in total. The number of hydrogen-bond acceptors (Lipinski definition) is 4. The van der Waals surface area contributed by atoms with Gasteiger partial charge in [0.05, 0.1) is 18.4 Å². The lowest BCUT2D eigenvalue weighted by Gasteiger charge is -2.15. The Hall–Kier alpha value is -1.53. The summed E-state index contributed by atoms with van der Waals surface area (Å²) in [5.74, 6) is 0.715. The van der Waals surface area contributed by atoms with Crippen LogP contribution in [0.5, 0.6) is 5.88 Å². The van der Waals surface area contributed by atoms with E-state index in [1.54, 1.807) is 0 Å².